The Morgan fingerprint density at radius 3 is 2.50 bits per heavy atom. The molecule has 1 aliphatic carbocycles. The summed E-state index contributed by atoms with van der Waals surface area (Å²) in [5.74, 6) is 1.34. The summed E-state index contributed by atoms with van der Waals surface area (Å²) >= 11 is 0. The van der Waals surface area contributed by atoms with E-state index in [1.54, 1.807) is 0 Å². The fraction of sp³-hybridized carbons (Fsp3) is 1.00. The molecule has 0 bridgehead atoms. The fourth-order valence-corrected chi connectivity index (χ4v) is 2.47. The van der Waals surface area contributed by atoms with Crippen LogP contribution in [0.25, 0.3) is 0 Å². The summed E-state index contributed by atoms with van der Waals surface area (Å²) in [7, 11) is 2.18. The molecular weight excluding hydrogens is 174 g/mol. The third-order valence-electron chi connectivity index (χ3n) is 3.23. The lowest BCUT2D eigenvalue weighted by Crippen LogP contribution is -2.31. The second-order valence-corrected chi connectivity index (χ2v) is 5.01. The highest BCUT2D eigenvalue weighted by Gasteiger charge is 2.15. The largest absolute Gasteiger partial charge is 0.396 e. The monoisotopic (exact) mass is 199 g/mol. The Morgan fingerprint density at radius 2 is 1.93 bits per heavy atom. The quantitative estimate of drug-likeness (QED) is 0.733. The zero-order chi connectivity index (χ0) is 10.4. The number of hydrogen-bond donors (Lipinski definition) is 1. The summed E-state index contributed by atoms with van der Waals surface area (Å²) < 4.78 is 0. The molecule has 2 nitrogen and oxygen atoms in total. The maximum Gasteiger partial charge on any atom is 0.0468 e. The molecule has 84 valence electrons. The molecule has 1 atom stereocenters. The fourth-order valence-electron chi connectivity index (χ4n) is 2.47. The first-order chi connectivity index (χ1) is 6.72. The lowest BCUT2D eigenvalue weighted by atomic mass is 9.89. The molecule has 0 aromatic carbocycles. The SMILES string of the molecule is CC(CO)CN(C)CC1CCCCC1. The van der Waals surface area contributed by atoms with Gasteiger partial charge in [0.2, 0.25) is 0 Å². The summed E-state index contributed by atoms with van der Waals surface area (Å²) in [6, 6.07) is 0. The highest BCUT2D eigenvalue weighted by molar-refractivity contribution is 4.69. The van der Waals surface area contributed by atoms with E-state index in [1.165, 1.54) is 38.6 Å². The van der Waals surface area contributed by atoms with Crippen LogP contribution in [0.3, 0.4) is 0 Å². The Hall–Kier alpha value is -0.0800. The van der Waals surface area contributed by atoms with Crippen LogP contribution < -0.4 is 0 Å². The molecule has 1 N–H and O–H groups in total. The smallest absolute Gasteiger partial charge is 0.0468 e. The Morgan fingerprint density at radius 1 is 1.29 bits per heavy atom. The third-order valence-corrected chi connectivity index (χ3v) is 3.23. The van der Waals surface area contributed by atoms with Crippen LogP contribution in [0, 0.1) is 11.8 Å². The summed E-state index contributed by atoms with van der Waals surface area (Å²) in [5, 5.41) is 8.96. The van der Waals surface area contributed by atoms with Gasteiger partial charge in [-0.2, -0.15) is 0 Å². The van der Waals surface area contributed by atoms with Crippen LogP contribution in [0.4, 0.5) is 0 Å². The van der Waals surface area contributed by atoms with Crippen molar-refractivity contribution in [1.29, 1.82) is 0 Å². The second-order valence-electron chi connectivity index (χ2n) is 5.01. The number of aliphatic hydroxyl groups is 1. The third kappa shape index (κ3) is 4.43. The van der Waals surface area contributed by atoms with Crippen LogP contribution in [0.2, 0.25) is 0 Å². The molecule has 0 spiro atoms. The van der Waals surface area contributed by atoms with Crippen LogP contribution in [0.15, 0.2) is 0 Å². The van der Waals surface area contributed by atoms with Gasteiger partial charge in [0.05, 0.1) is 0 Å². The standard InChI is InChI=1S/C12H25NO/c1-11(10-14)8-13(2)9-12-6-4-3-5-7-12/h11-12,14H,3-10H2,1-2H3. The first-order valence-corrected chi connectivity index (χ1v) is 6.01. The molecule has 0 aromatic rings. The minimum atomic E-state index is 0.314. The molecule has 1 aliphatic rings. The van der Waals surface area contributed by atoms with Crippen molar-refractivity contribution in [3.63, 3.8) is 0 Å². The number of rotatable bonds is 5. The lowest BCUT2D eigenvalue weighted by molar-refractivity contribution is 0.167. The summed E-state index contributed by atoms with van der Waals surface area (Å²) in [6.45, 7) is 4.68. The van der Waals surface area contributed by atoms with Crippen molar-refractivity contribution >= 4 is 0 Å². The minimum Gasteiger partial charge on any atom is -0.396 e. The van der Waals surface area contributed by atoms with Crippen molar-refractivity contribution in [3.05, 3.63) is 0 Å². The van der Waals surface area contributed by atoms with E-state index >= 15 is 0 Å². The molecule has 0 radical (unpaired) electrons. The van der Waals surface area contributed by atoms with E-state index in [2.05, 4.69) is 18.9 Å². The highest BCUT2D eigenvalue weighted by atomic mass is 16.3. The highest BCUT2D eigenvalue weighted by Crippen LogP contribution is 2.24. The minimum absolute atomic E-state index is 0.314. The molecule has 0 aromatic heterocycles. The van der Waals surface area contributed by atoms with Crippen molar-refractivity contribution in [3.8, 4) is 0 Å². The van der Waals surface area contributed by atoms with Crippen molar-refractivity contribution in [2.45, 2.75) is 39.0 Å². The van der Waals surface area contributed by atoms with Gasteiger partial charge in [-0.15, -0.1) is 0 Å². The van der Waals surface area contributed by atoms with Crippen LogP contribution in [0.5, 0.6) is 0 Å². The van der Waals surface area contributed by atoms with Gasteiger partial charge < -0.3 is 10.0 Å². The van der Waals surface area contributed by atoms with Gasteiger partial charge >= 0.3 is 0 Å². The normalized spacial score (nSPS) is 21.4. The average molecular weight is 199 g/mol. The molecule has 0 aliphatic heterocycles. The molecule has 1 unspecified atom stereocenters. The molecule has 1 saturated carbocycles. The van der Waals surface area contributed by atoms with Crippen LogP contribution in [-0.4, -0.2) is 36.8 Å². The van der Waals surface area contributed by atoms with Crippen molar-refractivity contribution in [1.82, 2.24) is 4.90 Å². The Labute approximate surface area is 88.3 Å². The van der Waals surface area contributed by atoms with Gasteiger partial charge in [-0.05, 0) is 31.7 Å². The van der Waals surface area contributed by atoms with E-state index < -0.39 is 0 Å². The van der Waals surface area contributed by atoms with E-state index in [1.807, 2.05) is 0 Å². The maximum absolute atomic E-state index is 8.96. The van der Waals surface area contributed by atoms with Crippen LogP contribution in [0.1, 0.15) is 39.0 Å². The van der Waals surface area contributed by atoms with Crippen LogP contribution >= 0.6 is 0 Å². The van der Waals surface area contributed by atoms with E-state index in [-0.39, 0.29) is 0 Å². The van der Waals surface area contributed by atoms with Crippen molar-refractivity contribution < 1.29 is 5.11 Å². The molecule has 14 heavy (non-hydrogen) atoms. The van der Waals surface area contributed by atoms with Gasteiger partial charge in [0.15, 0.2) is 0 Å². The lowest BCUT2D eigenvalue weighted by Gasteiger charge is -2.28. The summed E-state index contributed by atoms with van der Waals surface area (Å²) in [6.07, 6.45) is 7.12. The maximum atomic E-state index is 8.96. The average Bonchev–Trinajstić information content (AvgIpc) is 2.19. The number of hydrogen-bond acceptors (Lipinski definition) is 2. The number of aliphatic hydroxyl groups excluding tert-OH is 1. The van der Waals surface area contributed by atoms with Gasteiger partial charge in [0, 0.05) is 19.7 Å². The molecular formula is C12H25NO. The Kier molecular flexibility index (Phi) is 5.49. The number of nitrogens with zero attached hydrogens (tertiary/aromatic N) is 1. The predicted octanol–water partition coefficient (Wildman–Crippen LogP) is 2.13. The first-order valence-electron chi connectivity index (χ1n) is 6.01. The van der Waals surface area contributed by atoms with E-state index in [0.717, 1.165) is 12.5 Å². The van der Waals surface area contributed by atoms with E-state index in [9.17, 15) is 0 Å². The molecule has 0 amide bonds. The summed E-state index contributed by atoms with van der Waals surface area (Å²) in [5.41, 5.74) is 0. The van der Waals surface area contributed by atoms with Gasteiger partial charge in [0.1, 0.15) is 0 Å². The van der Waals surface area contributed by atoms with E-state index in [4.69, 9.17) is 5.11 Å². The van der Waals surface area contributed by atoms with Gasteiger partial charge in [-0.3, -0.25) is 0 Å². The van der Waals surface area contributed by atoms with Gasteiger partial charge in [0.25, 0.3) is 0 Å². The molecule has 2 heteroatoms. The molecule has 1 fully saturated rings. The van der Waals surface area contributed by atoms with Gasteiger partial charge in [-0.25, -0.2) is 0 Å². The molecule has 0 saturated heterocycles. The zero-order valence-electron chi connectivity index (χ0n) is 9.71. The van der Waals surface area contributed by atoms with Crippen LogP contribution in [-0.2, 0) is 0 Å². The molecule has 0 heterocycles. The zero-order valence-corrected chi connectivity index (χ0v) is 9.71. The van der Waals surface area contributed by atoms with Crippen molar-refractivity contribution in [2.75, 3.05) is 26.7 Å². The topological polar surface area (TPSA) is 23.5 Å². The Bertz CT molecular complexity index is 143. The first kappa shape index (κ1) is 12.0. The van der Waals surface area contributed by atoms with Crippen molar-refractivity contribution in [2.24, 2.45) is 11.8 Å². The summed E-state index contributed by atoms with van der Waals surface area (Å²) in [4.78, 5) is 2.39. The molecule has 1 rings (SSSR count). The Balaban J connectivity index is 2.14. The van der Waals surface area contributed by atoms with Gasteiger partial charge in [-0.1, -0.05) is 26.2 Å². The second kappa shape index (κ2) is 6.41. The van der Waals surface area contributed by atoms with E-state index in [0.29, 0.717) is 12.5 Å². The predicted molar refractivity (Wildman–Crippen MR) is 60.3 cm³/mol.